The molecule has 2 N–H and O–H groups in total. The first-order valence-corrected chi connectivity index (χ1v) is 12.3. The topological polar surface area (TPSA) is 89.6 Å². The summed E-state index contributed by atoms with van der Waals surface area (Å²) in [4.78, 5) is 28.4. The third kappa shape index (κ3) is 5.88. The highest BCUT2D eigenvalue weighted by molar-refractivity contribution is 5.95. The molecule has 2 aliphatic heterocycles. The van der Waals surface area contributed by atoms with Crippen LogP contribution in [0.1, 0.15) is 36.1 Å². The zero-order valence-corrected chi connectivity index (χ0v) is 21.0. The minimum absolute atomic E-state index is 0.0922. The molecule has 0 radical (unpaired) electrons. The number of benzene rings is 2. The van der Waals surface area contributed by atoms with Crippen LogP contribution in [0.3, 0.4) is 0 Å². The summed E-state index contributed by atoms with van der Waals surface area (Å²) in [7, 11) is 0. The van der Waals surface area contributed by atoms with Crippen LogP contribution in [0.4, 0.5) is 28.9 Å². The number of alkyl halides is 3. The number of carbonyl (C=O) groups excluding carboxylic acids is 2. The van der Waals surface area contributed by atoms with Crippen LogP contribution in [0, 0.1) is 12.7 Å². The summed E-state index contributed by atoms with van der Waals surface area (Å²) in [6.07, 6.45) is -2.73. The van der Waals surface area contributed by atoms with Crippen molar-refractivity contribution in [1.29, 1.82) is 0 Å². The lowest BCUT2D eigenvalue weighted by Crippen LogP contribution is -2.43. The zero-order chi connectivity index (χ0) is 27.8. The maximum Gasteiger partial charge on any atom is 0.433 e. The van der Waals surface area contributed by atoms with Gasteiger partial charge < -0.3 is 20.1 Å². The fourth-order valence-corrected chi connectivity index (χ4v) is 4.85. The van der Waals surface area contributed by atoms with Crippen LogP contribution in [0.5, 0.6) is 5.75 Å². The van der Waals surface area contributed by atoms with Crippen LogP contribution < -0.4 is 15.4 Å². The Kier molecular flexibility index (Phi) is 7.02. The van der Waals surface area contributed by atoms with Crippen molar-refractivity contribution in [3.8, 4) is 16.9 Å². The Bertz CT molecular complexity index is 1430. The molecule has 3 heterocycles. The Morgan fingerprint density at radius 3 is 2.64 bits per heavy atom. The smallest absolute Gasteiger partial charge is 0.433 e. The van der Waals surface area contributed by atoms with Crippen molar-refractivity contribution in [2.24, 2.45) is 0 Å². The molecule has 7 nitrogen and oxygen atoms in total. The first-order valence-electron chi connectivity index (χ1n) is 12.3. The molecule has 1 aromatic heterocycles. The minimum Gasteiger partial charge on any atom is -0.484 e. The number of rotatable bonds is 4. The van der Waals surface area contributed by atoms with E-state index >= 15 is 0 Å². The molecule has 11 heteroatoms. The quantitative estimate of drug-likeness (QED) is 0.414. The Labute approximate surface area is 221 Å². The van der Waals surface area contributed by atoms with Gasteiger partial charge in [-0.1, -0.05) is 6.07 Å². The third-order valence-electron chi connectivity index (χ3n) is 6.85. The van der Waals surface area contributed by atoms with Crippen LogP contribution >= 0.6 is 0 Å². The van der Waals surface area contributed by atoms with E-state index in [1.54, 1.807) is 25.1 Å². The molecular formula is C28H25F4N3O4. The van der Waals surface area contributed by atoms with Gasteiger partial charge in [0.15, 0.2) is 0 Å². The second-order valence-electron chi connectivity index (χ2n) is 9.75. The molecule has 5 rings (SSSR count). The van der Waals surface area contributed by atoms with Crippen LogP contribution in [0.25, 0.3) is 11.1 Å². The van der Waals surface area contributed by atoms with E-state index < -0.39 is 35.6 Å². The fourth-order valence-electron chi connectivity index (χ4n) is 4.85. The Morgan fingerprint density at radius 1 is 1.13 bits per heavy atom. The molecule has 2 amide bonds. The molecular weight excluding hydrogens is 518 g/mol. The standard InChI is InChI=1S/C28H25F4N3O4/c1-16-10-20(29)22(35-25(36)12-17-4-7-33-24(11-17)28(30,31)32)14-19(16)18-2-3-21-23(13-18)39-27(15-26(37)34-21)5-8-38-9-6-27/h2-4,7,10-11,13-14H,5-6,8-9,12,15H2,1H3,(H,34,37)(H,35,36). The second kappa shape index (κ2) is 10.3. The molecule has 1 spiro atoms. The van der Waals surface area contributed by atoms with E-state index in [9.17, 15) is 27.2 Å². The van der Waals surface area contributed by atoms with Crippen LogP contribution in [-0.2, 0) is 26.9 Å². The Balaban J connectivity index is 1.40. The van der Waals surface area contributed by atoms with Gasteiger partial charge in [0.25, 0.3) is 0 Å². The first kappa shape index (κ1) is 26.6. The lowest BCUT2D eigenvalue weighted by molar-refractivity contribution is -0.141. The number of hydrogen-bond acceptors (Lipinski definition) is 5. The summed E-state index contributed by atoms with van der Waals surface area (Å²) in [5.41, 5.74) is 0.583. The molecule has 2 aromatic carbocycles. The van der Waals surface area contributed by atoms with Gasteiger partial charge in [0.05, 0.1) is 37.4 Å². The van der Waals surface area contributed by atoms with Gasteiger partial charge in [0.1, 0.15) is 22.9 Å². The largest absolute Gasteiger partial charge is 0.484 e. The Morgan fingerprint density at radius 2 is 1.90 bits per heavy atom. The highest BCUT2D eigenvalue weighted by atomic mass is 19.4. The van der Waals surface area contributed by atoms with Gasteiger partial charge in [-0.15, -0.1) is 0 Å². The van der Waals surface area contributed by atoms with Crippen molar-refractivity contribution in [2.75, 3.05) is 23.8 Å². The van der Waals surface area contributed by atoms with Gasteiger partial charge in [-0.05, 0) is 65.6 Å². The van der Waals surface area contributed by atoms with Crippen LogP contribution in [-0.4, -0.2) is 35.6 Å². The number of fused-ring (bicyclic) bond motifs is 1. The van der Waals surface area contributed by atoms with E-state index in [1.165, 1.54) is 18.2 Å². The molecule has 0 saturated carbocycles. The summed E-state index contributed by atoms with van der Waals surface area (Å²) >= 11 is 0. The van der Waals surface area contributed by atoms with Crippen molar-refractivity contribution in [3.63, 3.8) is 0 Å². The number of carbonyl (C=O) groups is 2. The number of amides is 2. The van der Waals surface area contributed by atoms with Gasteiger partial charge in [-0.3, -0.25) is 14.6 Å². The van der Waals surface area contributed by atoms with Gasteiger partial charge >= 0.3 is 6.18 Å². The SMILES string of the molecule is Cc1cc(F)c(NC(=O)Cc2ccnc(C(F)(F)F)c2)cc1-c1ccc2c(c1)OC1(CCOCC1)CC(=O)N2. The summed E-state index contributed by atoms with van der Waals surface area (Å²) in [6.45, 7) is 2.69. The first-order chi connectivity index (χ1) is 18.5. The van der Waals surface area contributed by atoms with Crippen LogP contribution in [0.15, 0.2) is 48.7 Å². The van der Waals surface area contributed by atoms with Gasteiger partial charge in [-0.2, -0.15) is 13.2 Å². The van der Waals surface area contributed by atoms with Crippen molar-refractivity contribution in [2.45, 2.75) is 44.4 Å². The van der Waals surface area contributed by atoms with Crippen molar-refractivity contribution >= 4 is 23.2 Å². The predicted molar refractivity (Wildman–Crippen MR) is 135 cm³/mol. The summed E-state index contributed by atoms with van der Waals surface area (Å²) in [6, 6.07) is 10.1. The van der Waals surface area contributed by atoms with Gasteiger partial charge in [0.2, 0.25) is 11.8 Å². The molecule has 2 aliphatic rings. The minimum atomic E-state index is -4.64. The number of pyridine rings is 1. The van der Waals surface area contributed by atoms with E-state index in [4.69, 9.17) is 9.47 Å². The molecule has 1 fully saturated rings. The molecule has 0 unspecified atom stereocenters. The highest BCUT2D eigenvalue weighted by Crippen LogP contribution is 2.41. The molecule has 1 saturated heterocycles. The molecule has 3 aromatic rings. The molecule has 0 bridgehead atoms. The van der Waals surface area contributed by atoms with Crippen molar-refractivity contribution < 1.29 is 36.6 Å². The van der Waals surface area contributed by atoms with E-state index in [1.807, 2.05) is 0 Å². The molecule has 0 atom stereocenters. The van der Waals surface area contributed by atoms with Crippen molar-refractivity contribution in [3.05, 3.63) is 71.3 Å². The summed E-state index contributed by atoms with van der Waals surface area (Å²) in [5.74, 6) is -1.04. The lowest BCUT2D eigenvalue weighted by atomic mass is 9.90. The fraction of sp³-hybridized carbons (Fsp3) is 0.321. The van der Waals surface area contributed by atoms with E-state index in [2.05, 4.69) is 15.6 Å². The van der Waals surface area contributed by atoms with Gasteiger partial charge in [-0.25, -0.2) is 4.39 Å². The van der Waals surface area contributed by atoms with E-state index in [-0.39, 0.29) is 23.6 Å². The monoisotopic (exact) mass is 543 g/mol. The van der Waals surface area contributed by atoms with Crippen LogP contribution in [0.2, 0.25) is 0 Å². The van der Waals surface area contributed by atoms with E-state index in [0.29, 0.717) is 54.2 Å². The lowest BCUT2D eigenvalue weighted by Gasteiger charge is -2.35. The number of halogens is 4. The number of anilines is 2. The van der Waals surface area contributed by atoms with E-state index in [0.717, 1.165) is 12.3 Å². The third-order valence-corrected chi connectivity index (χ3v) is 6.85. The predicted octanol–water partition coefficient (Wildman–Crippen LogP) is 5.67. The number of ether oxygens (including phenoxy) is 2. The maximum absolute atomic E-state index is 14.8. The zero-order valence-electron chi connectivity index (χ0n) is 21.0. The number of nitrogens with zero attached hydrogens (tertiary/aromatic N) is 1. The highest BCUT2D eigenvalue weighted by Gasteiger charge is 2.40. The molecule has 204 valence electrons. The molecule has 39 heavy (non-hydrogen) atoms. The summed E-state index contributed by atoms with van der Waals surface area (Å²) < 4.78 is 65.5. The number of nitrogens with one attached hydrogen (secondary N) is 2. The Hall–Kier alpha value is -3.99. The summed E-state index contributed by atoms with van der Waals surface area (Å²) in [5, 5.41) is 5.33. The second-order valence-corrected chi connectivity index (χ2v) is 9.75. The average molecular weight is 544 g/mol. The number of hydrogen-bond donors (Lipinski definition) is 2. The average Bonchev–Trinajstić information content (AvgIpc) is 3.00. The number of aryl methyl sites for hydroxylation is 1. The molecule has 0 aliphatic carbocycles. The van der Waals surface area contributed by atoms with Gasteiger partial charge in [0, 0.05) is 19.0 Å². The maximum atomic E-state index is 14.8. The van der Waals surface area contributed by atoms with Crippen molar-refractivity contribution in [1.82, 2.24) is 4.98 Å². The number of aromatic nitrogens is 1. The normalized spacial score (nSPS) is 16.6.